The first kappa shape index (κ1) is 13.1. The summed E-state index contributed by atoms with van der Waals surface area (Å²) < 4.78 is 5.52. The van der Waals surface area contributed by atoms with Crippen LogP contribution in [0, 0.1) is 13.8 Å². The molecule has 1 heterocycles. The molecule has 0 aliphatic carbocycles. The summed E-state index contributed by atoms with van der Waals surface area (Å²) in [6.07, 6.45) is 0.747. The molecule has 4 nitrogen and oxygen atoms in total. The van der Waals surface area contributed by atoms with E-state index in [1.54, 1.807) is 11.8 Å². The summed E-state index contributed by atoms with van der Waals surface area (Å²) in [6.45, 7) is 5.01. The van der Waals surface area contributed by atoms with Crippen LogP contribution in [0.3, 0.4) is 0 Å². The number of nitrogens with zero attached hydrogens (tertiary/aromatic N) is 2. The van der Waals surface area contributed by atoms with Crippen LogP contribution in [0.1, 0.15) is 22.6 Å². The molecule has 0 radical (unpaired) electrons. The quantitative estimate of drug-likeness (QED) is 0.836. The molecule has 0 aliphatic heterocycles. The fraction of sp³-hybridized carbons (Fsp3) is 0.385. The van der Waals surface area contributed by atoms with Gasteiger partial charge in [-0.15, -0.1) is 10.2 Å². The van der Waals surface area contributed by atoms with Crippen molar-refractivity contribution in [1.82, 2.24) is 10.2 Å². The van der Waals surface area contributed by atoms with Gasteiger partial charge in [-0.25, -0.2) is 0 Å². The van der Waals surface area contributed by atoms with Gasteiger partial charge in [-0.1, -0.05) is 35.5 Å². The lowest BCUT2D eigenvalue weighted by Crippen LogP contribution is -2.51. The normalized spacial score (nSPS) is 10.8. The summed E-state index contributed by atoms with van der Waals surface area (Å²) in [4.78, 5) is 0. The van der Waals surface area contributed by atoms with Gasteiger partial charge in [-0.2, -0.15) is 0 Å². The Balaban J connectivity index is 1.99. The van der Waals surface area contributed by atoms with Crippen LogP contribution >= 0.6 is 11.8 Å². The summed E-state index contributed by atoms with van der Waals surface area (Å²) in [5.74, 6) is 1.54. The second kappa shape index (κ2) is 6.02. The van der Waals surface area contributed by atoms with Crippen LogP contribution in [0.15, 0.2) is 27.8 Å². The molecule has 2 aromatic rings. The zero-order chi connectivity index (χ0) is 13.0. The summed E-state index contributed by atoms with van der Waals surface area (Å²) in [5, 5.41) is 8.64. The Morgan fingerprint density at radius 3 is 2.89 bits per heavy atom. The van der Waals surface area contributed by atoms with Crippen molar-refractivity contribution < 1.29 is 10.2 Å². The van der Waals surface area contributed by atoms with Crippen molar-refractivity contribution in [3.05, 3.63) is 40.8 Å². The van der Waals surface area contributed by atoms with Gasteiger partial charge in [0.1, 0.15) is 0 Å². The molecule has 1 aromatic carbocycles. The zero-order valence-electron chi connectivity index (χ0n) is 10.8. The predicted molar refractivity (Wildman–Crippen MR) is 71.2 cm³/mol. The van der Waals surface area contributed by atoms with Gasteiger partial charge in [0.05, 0.1) is 13.0 Å². The molecule has 0 unspecified atom stereocenters. The van der Waals surface area contributed by atoms with E-state index in [0.717, 1.165) is 18.7 Å². The first-order valence-electron chi connectivity index (χ1n) is 5.99. The van der Waals surface area contributed by atoms with Crippen molar-refractivity contribution in [2.75, 3.05) is 6.54 Å². The molecule has 3 N–H and O–H groups in total. The fourth-order valence-electron chi connectivity index (χ4n) is 1.64. The van der Waals surface area contributed by atoms with Crippen molar-refractivity contribution >= 4 is 11.8 Å². The van der Waals surface area contributed by atoms with E-state index in [9.17, 15) is 0 Å². The molecular weight excluding hydrogens is 246 g/mol. The third-order valence-electron chi connectivity index (χ3n) is 2.69. The van der Waals surface area contributed by atoms with Crippen LogP contribution in [-0.4, -0.2) is 16.7 Å². The summed E-state index contributed by atoms with van der Waals surface area (Å²) in [7, 11) is 0. The molecule has 0 atom stereocenters. The number of hydrogen-bond acceptors (Lipinski definition) is 4. The zero-order valence-corrected chi connectivity index (χ0v) is 11.6. The number of aryl methyl sites for hydroxylation is 2. The molecule has 0 fully saturated rings. The maximum Gasteiger partial charge on any atom is 0.276 e. The maximum absolute atomic E-state index is 5.52. The Labute approximate surface area is 111 Å². The highest BCUT2D eigenvalue weighted by atomic mass is 32.2. The predicted octanol–water partition coefficient (Wildman–Crippen LogP) is 1.76. The molecule has 0 spiro atoms. The van der Waals surface area contributed by atoms with Crippen molar-refractivity contribution in [3.8, 4) is 0 Å². The summed E-state index contributed by atoms with van der Waals surface area (Å²) in [6, 6.07) is 6.48. The van der Waals surface area contributed by atoms with Crippen LogP contribution < -0.4 is 5.73 Å². The van der Waals surface area contributed by atoms with Crippen LogP contribution in [0.4, 0.5) is 0 Å². The molecule has 96 valence electrons. The number of aromatic nitrogens is 2. The van der Waals surface area contributed by atoms with Gasteiger partial charge in [0.25, 0.3) is 5.22 Å². The fourth-order valence-corrected chi connectivity index (χ4v) is 2.49. The highest BCUT2D eigenvalue weighted by Gasteiger charge is 2.07. The van der Waals surface area contributed by atoms with Crippen molar-refractivity contribution in [2.24, 2.45) is 0 Å². The molecule has 0 amide bonds. The van der Waals surface area contributed by atoms with E-state index in [4.69, 9.17) is 4.42 Å². The molecule has 18 heavy (non-hydrogen) atoms. The topological polar surface area (TPSA) is 66.6 Å². The van der Waals surface area contributed by atoms with E-state index in [0.29, 0.717) is 11.1 Å². The van der Waals surface area contributed by atoms with Gasteiger partial charge >= 0.3 is 0 Å². The Bertz CT molecular complexity index is 525. The van der Waals surface area contributed by atoms with E-state index in [-0.39, 0.29) is 0 Å². The third kappa shape index (κ3) is 3.34. The minimum absolute atomic E-state index is 0.638. The van der Waals surface area contributed by atoms with Crippen molar-refractivity contribution in [2.45, 2.75) is 31.2 Å². The molecule has 1 aromatic heterocycles. The highest BCUT2D eigenvalue weighted by molar-refractivity contribution is 7.98. The lowest BCUT2D eigenvalue weighted by atomic mass is 10.1. The first-order valence-corrected chi connectivity index (χ1v) is 6.98. The van der Waals surface area contributed by atoms with Crippen molar-refractivity contribution in [3.63, 3.8) is 0 Å². The van der Waals surface area contributed by atoms with Gasteiger partial charge in [0, 0.05) is 5.75 Å². The Kier molecular flexibility index (Phi) is 4.38. The third-order valence-corrected chi connectivity index (χ3v) is 3.56. The van der Waals surface area contributed by atoms with E-state index in [2.05, 4.69) is 48.0 Å². The number of thioether (sulfide) groups is 1. The average Bonchev–Trinajstić information content (AvgIpc) is 2.79. The second-order valence-electron chi connectivity index (χ2n) is 4.28. The van der Waals surface area contributed by atoms with Gasteiger partial charge in [0.15, 0.2) is 0 Å². The number of hydrogen-bond donors (Lipinski definition) is 1. The van der Waals surface area contributed by atoms with E-state index < -0.39 is 0 Å². The van der Waals surface area contributed by atoms with Crippen LogP contribution in [0.2, 0.25) is 0 Å². The SMILES string of the molecule is Cc1ccc(C)c(CSc2nnc(CC[NH3+])o2)c1. The largest absolute Gasteiger partial charge is 0.416 e. The number of quaternary nitrogens is 1. The van der Waals surface area contributed by atoms with Gasteiger partial charge in [-0.05, 0) is 25.0 Å². The smallest absolute Gasteiger partial charge is 0.276 e. The average molecular weight is 264 g/mol. The van der Waals surface area contributed by atoms with Gasteiger partial charge in [-0.3, -0.25) is 0 Å². The monoisotopic (exact) mass is 264 g/mol. The Morgan fingerprint density at radius 1 is 1.28 bits per heavy atom. The Morgan fingerprint density at radius 2 is 2.11 bits per heavy atom. The van der Waals surface area contributed by atoms with Gasteiger partial charge < -0.3 is 10.2 Å². The maximum atomic E-state index is 5.52. The number of rotatable bonds is 5. The first-order chi connectivity index (χ1) is 8.69. The molecule has 0 saturated carbocycles. The molecule has 2 rings (SSSR count). The summed E-state index contributed by atoms with van der Waals surface area (Å²) >= 11 is 1.58. The summed E-state index contributed by atoms with van der Waals surface area (Å²) in [5.41, 5.74) is 7.66. The minimum atomic E-state index is 0.638. The lowest BCUT2D eigenvalue weighted by Gasteiger charge is -2.04. The molecule has 0 aliphatic rings. The van der Waals surface area contributed by atoms with E-state index in [1.165, 1.54) is 16.7 Å². The van der Waals surface area contributed by atoms with E-state index in [1.807, 2.05) is 0 Å². The number of benzene rings is 1. The molecular formula is C13H18N3OS+. The van der Waals surface area contributed by atoms with Crippen LogP contribution in [0.5, 0.6) is 0 Å². The Hall–Kier alpha value is -1.33. The second-order valence-corrected chi connectivity index (χ2v) is 5.21. The molecule has 0 saturated heterocycles. The van der Waals surface area contributed by atoms with Gasteiger partial charge in [0.2, 0.25) is 5.89 Å². The van der Waals surface area contributed by atoms with Crippen molar-refractivity contribution in [1.29, 1.82) is 0 Å². The molecule has 5 heteroatoms. The lowest BCUT2D eigenvalue weighted by molar-refractivity contribution is -0.367. The van der Waals surface area contributed by atoms with E-state index >= 15 is 0 Å². The molecule has 0 bridgehead atoms. The minimum Gasteiger partial charge on any atom is -0.416 e. The standard InChI is InChI=1S/C13H17N3OS/c1-9-3-4-10(2)11(7-9)8-18-13-16-15-12(17-13)5-6-14/h3-4,7H,5-6,8,14H2,1-2H3/p+1. The highest BCUT2D eigenvalue weighted by Crippen LogP contribution is 2.23. The van der Waals surface area contributed by atoms with Crippen LogP contribution in [0.25, 0.3) is 0 Å². The van der Waals surface area contributed by atoms with Crippen LogP contribution in [-0.2, 0) is 12.2 Å².